The second-order valence-corrected chi connectivity index (χ2v) is 10.3. The van der Waals surface area contributed by atoms with Crippen molar-refractivity contribution in [2.24, 2.45) is 0 Å². The highest BCUT2D eigenvalue weighted by Crippen LogP contribution is 2.52. The average Bonchev–Trinajstić information content (AvgIpc) is 3.40. The van der Waals surface area contributed by atoms with Gasteiger partial charge in [0, 0.05) is 23.6 Å². The van der Waals surface area contributed by atoms with Gasteiger partial charge in [-0.1, -0.05) is 65.0 Å². The van der Waals surface area contributed by atoms with Crippen molar-refractivity contribution in [2.45, 2.75) is 50.5 Å². The second-order valence-electron chi connectivity index (χ2n) is 9.12. The fraction of sp³-hybridized carbons (Fsp3) is 0.346. The molecule has 1 fully saturated rings. The number of alkyl halides is 1. The van der Waals surface area contributed by atoms with Gasteiger partial charge >= 0.3 is 0 Å². The monoisotopic (exact) mass is 522 g/mol. The minimum absolute atomic E-state index is 0.207. The van der Waals surface area contributed by atoms with Crippen LogP contribution in [-0.4, -0.2) is 24.7 Å². The Morgan fingerprint density at radius 2 is 1.94 bits per heavy atom. The fourth-order valence-electron chi connectivity index (χ4n) is 5.72. The summed E-state index contributed by atoms with van der Waals surface area (Å²) >= 11 is 9.96. The third-order valence-electron chi connectivity index (χ3n) is 7.24. The van der Waals surface area contributed by atoms with Crippen molar-refractivity contribution >= 4 is 38.4 Å². The van der Waals surface area contributed by atoms with Crippen molar-refractivity contribution in [3.8, 4) is 16.8 Å². The topological polar surface area (TPSA) is 52.7 Å². The molecule has 168 valence electrons. The summed E-state index contributed by atoms with van der Waals surface area (Å²) in [6.45, 7) is 0.885. The zero-order valence-electron chi connectivity index (χ0n) is 18.2. The Morgan fingerprint density at radius 1 is 1.09 bits per heavy atom. The maximum absolute atomic E-state index is 13.1. The van der Waals surface area contributed by atoms with E-state index in [1.807, 2.05) is 23.0 Å². The van der Waals surface area contributed by atoms with Gasteiger partial charge in [0.25, 0.3) is 5.56 Å². The number of benzene rings is 2. The highest BCUT2D eigenvalue weighted by Gasteiger charge is 2.46. The summed E-state index contributed by atoms with van der Waals surface area (Å²) in [5.41, 5.74) is 5.00. The van der Waals surface area contributed by atoms with E-state index in [0.717, 1.165) is 72.1 Å². The number of halogens is 2. The van der Waals surface area contributed by atoms with Gasteiger partial charge in [0.2, 0.25) is 0 Å². The third kappa shape index (κ3) is 3.22. The molecule has 33 heavy (non-hydrogen) atoms. The van der Waals surface area contributed by atoms with Crippen LogP contribution in [0.4, 0.5) is 0 Å². The van der Waals surface area contributed by atoms with Gasteiger partial charge in [-0.3, -0.25) is 14.0 Å². The normalized spacial score (nSPS) is 16.3. The average molecular weight is 524 g/mol. The van der Waals surface area contributed by atoms with E-state index < -0.39 is 0 Å². The maximum atomic E-state index is 13.1. The van der Waals surface area contributed by atoms with Gasteiger partial charge in [-0.2, -0.15) is 10.1 Å². The molecule has 5 nitrogen and oxygen atoms in total. The lowest BCUT2D eigenvalue weighted by Gasteiger charge is -2.33. The molecule has 2 aliphatic rings. The number of aryl methyl sites for hydroxylation is 1. The molecule has 2 aromatic carbocycles. The highest BCUT2D eigenvalue weighted by atomic mass is 79.9. The molecule has 1 aliphatic heterocycles. The van der Waals surface area contributed by atoms with Crippen molar-refractivity contribution < 1.29 is 0 Å². The summed E-state index contributed by atoms with van der Waals surface area (Å²) in [6.07, 6.45) is 10.6. The summed E-state index contributed by atoms with van der Waals surface area (Å²) < 4.78 is 4.19. The van der Waals surface area contributed by atoms with E-state index in [0.29, 0.717) is 10.4 Å². The van der Waals surface area contributed by atoms with E-state index >= 15 is 0 Å². The minimum atomic E-state index is -0.229. The molecule has 0 N–H and O–H groups in total. The SMILES string of the molecule is O=c1nc2n(c3cccc(Cl)c13)-c1cc(-c3cnn(CCCBr)c3)ccc1C21CCCCC1. The number of rotatable bonds is 4. The molecule has 1 aliphatic carbocycles. The van der Waals surface area contributed by atoms with E-state index in [-0.39, 0.29) is 11.0 Å². The maximum Gasteiger partial charge on any atom is 0.282 e. The quantitative estimate of drug-likeness (QED) is 0.297. The molecule has 0 bridgehead atoms. The standard InChI is InChI=1S/C26H24BrClN4O/c27-12-5-13-31-16-18(15-29-31)17-8-9-19-22(14-17)32-21-7-4-6-20(28)23(21)24(33)30-25(32)26(19)10-2-1-3-11-26/h4,6-9,14-16H,1-3,5,10-13H2. The highest BCUT2D eigenvalue weighted by molar-refractivity contribution is 9.09. The van der Waals surface area contributed by atoms with Gasteiger partial charge in [0.15, 0.2) is 0 Å². The number of hydrogen-bond donors (Lipinski definition) is 0. The largest absolute Gasteiger partial charge is 0.296 e. The molecule has 2 aromatic heterocycles. The smallest absolute Gasteiger partial charge is 0.282 e. The number of nitrogens with zero attached hydrogens (tertiary/aromatic N) is 4. The first kappa shape index (κ1) is 21.1. The van der Waals surface area contributed by atoms with Crippen molar-refractivity contribution in [3.05, 3.63) is 75.6 Å². The summed E-state index contributed by atoms with van der Waals surface area (Å²) in [5.74, 6) is 0.877. The van der Waals surface area contributed by atoms with Crippen molar-refractivity contribution in [1.29, 1.82) is 0 Å². The lowest BCUT2D eigenvalue weighted by atomic mass is 9.69. The molecule has 0 unspecified atom stereocenters. The van der Waals surface area contributed by atoms with E-state index in [1.165, 1.54) is 12.0 Å². The molecular formula is C26H24BrClN4O. The van der Waals surface area contributed by atoms with Crippen LogP contribution in [0.15, 0.2) is 53.6 Å². The first-order chi connectivity index (χ1) is 16.1. The predicted molar refractivity (Wildman–Crippen MR) is 136 cm³/mol. The molecule has 0 amide bonds. The Bertz CT molecular complexity index is 1430. The lowest BCUT2D eigenvalue weighted by Crippen LogP contribution is -2.32. The van der Waals surface area contributed by atoms with Gasteiger partial charge in [0.05, 0.1) is 33.2 Å². The predicted octanol–water partition coefficient (Wildman–Crippen LogP) is 6.25. The Morgan fingerprint density at radius 3 is 2.76 bits per heavy atom. The molecule has 1 saturated carbocycles. The van der Waals surface area contributed by atoms with Gasteiger partial charge in [-0.15, -0.1) is 0 Å². The van der Waals surface area contributed by atoms with Crippen molar-refractivity contribution in [1.82, 2.24) is 19.3 Å². The zero-order valence-corrected chi connectivity index (χ0v) is 20.6. The van der Waals surface area contributed by atoms with Gasteiger partial charge in [0.1, 0.15) is 5.82 Å². The molecule has 4 aromatic rings. The summed E-state index contributed by atoms with van der Waals surface area (Å²) in [6, 6.07) is 12.4. The zero-order chi connectivity index (χ0) is 22.6. The van der Waals surface area contributed by atoms with E-state index in [9.17, 15) is 4.79 Å². The van der Waals surface area contributed by atoms with Crippen LogP contribution in [0, 0.1) is 0 Å². The van der Waals surface area contributed by atoms with Crippen LogP contribution >= 0.6 is 27.5 Å². The Hall–Kier alpha value is -2.44. The Labute approximate surface area is 205 Å². The molecule has 6 rings (SSSR count). The molecular weight excluding hydrogens is 500 g/mol. The minimum Gasteiger partial charge on any atom is -0.296 e. The molecule has 0 atom stereocenters. The van der Waals surface area contributed by atoms with Crippen LogP contribution in [0.2, 0.25) is 5.02 Å². The van der Waals surface area contributed by atoms with Crippen LogP contribution < -0.4 is 5.56 Å². The summed E-state index contributed by atoms with van der Waals surface area (Å²) in [7, 11) is 0. The first-order valence-electron chi connectivity index (χ1n) is 11.6. The Kier molecular flexibility index (Phi) is 5.18. The molecule has 3 heterocycles. The van der Waals surface area contributed by atoms with Crippen molar-refractivity contribution in [2.75, 3.05) is 5.33 Å². The van der Waals surface area contributed by atoms with Crippen LogP contribution in [0.5, 0.6) is 0 Å². The lowest BCUT2D eigenvalue weighted by molar-refractivity contribution is 0.339. The van der Waals surface area contributed by atoms with Gasteiger partial charge < -0.3 is 0 Å². The van der Waals surface area contributed by atoms with Crippen LogP contribution in [0.3, 0.4) is 0 Å². The molecule has 0 saturated heterocycles. The molecule has 1 spiro atoms. The van der Waals surface area contributed by atoms with Crippen molar-refractivity contribution in [3.63, 3.8) is 0 Å². The number of aromatic nitrogens is 4. The second kappa shape index (κ2) is 8.10. The van der Waals surface area contributed by atoms with Gasteiger partial charge in [-0.25, -0.2) is 0 Å². The number of fused-ring (bicyclic) bond motifs is 7. The number of hydrogen-bond acceptors (Lipinski definition) is 3. The first-order valence-corrected chi connectivity index (χ1v) is 13.1. The van der Waals surface area contributed by atoms with Crippen LogP contribution in [0.1, 0.15) is 49.9 Å². The fourth-order valence-corrected chi connectivity index (χ4v) is 6.22. The van der Waals surface area contributed by atoms with Crippen LogP contribution in [0.25, 0.3) is 27.7 Å². The van der Waals surface area contributed by atoms with E-state index in [4.69, 9.17) is 11.6 Å². The summed E-state index contributed by atoms with van der Waals surface area (Å²) in [4.78, 5) is 17.8. The molecule has 7 heteroatoms. The van der Waals surface area contributed by atoms with Gasteiger partial charge in [-0.05, 0) is 48.6 Å². The van der Waals surface area contributed by atoms with E-state index in [2.05, 4.69) is 55.0 Å². The van der Waals surface area contributed by atoms with E-state index in [1.54, 1.807) is 6.07 Å². The summed E-state index contributed by atoms with van der Waals surface area (Å²) in [5, 5.41) is 6.45. The molecule has 0 radical (unpaired) electrons. The third-order valence-corrected chi connectivity index (χ3v) is 8.12. The van der Waals surface area contributed by atoms with Crippen LogP contribution in [-0.2, 0) is 12.0 Å². The Balaban J connectivity index is 1.59.